The lowest BCUT2D eigenvalue weighted by Crippen LogP contribution is -2.17. The van der Waals surface area contributed by atoms with Crippen LogP contribution in [0.25, 0.3) is 22.0 Å². The third kappa shape index (κ3) is 5.42. The average Bonchev–Trinajstić information content (AvgIpc) is 2.96. The monoisotopic (exact) mass is 502 g/mol. The van der Waals surface area contributed by atoms with E-state index < -0.39 is 18.5 Å². The Bertz CT molecular complexity index is 1690. The van der Waals surface area contributed by atoms with Crippen LogP contribution in [0.15, 0.2) is 114 Å². The number of para-hydroxylation sites is 1. The number of benzene rings is 4. The van der Waals surface area contributed by atoms with Crippen LogP contribution in [0.2, 0.25) is 0 Å². The van der Waals surface area contributed by atoms with Crippen molar-refractivity contribution in [3.63, 3.8) is 0 Å². The lowest BCUT2D eigenvalue weighted by Gasteiger charge is -2.09. The van der Waals surface area contributed by atoms with Gasteiger partial charge in [0.2, 0.25) is 5.56 Å². The number of pyridine rings is 1. The first-order valence-corrected chi connectivity index (χ1v) is 11.9. The minimum Gasteiger partial charge on any atom is -0.454 e. The minimum atomic E-state index is -0.655. The molecular formula is C31H22N2O5. The first-order valence-electron chi connectivity index (χ1n) is 11.9. The Morgan fingerprint density at radius 3 is 2.08 bits per heavy atom. The zero-order valence-electron chi connectivity index (χ0n) is 20.1. The Hall–Kier alpha value is -5.30. The molecule has 0 saturated carbocycles. The van der Waals surface area contributed by atoms with Crippen LogP contribution in [0.1, 0.15) is 31.1 Å². The van der Waals surface area contributed by atoms with Crippen LogP contribution >= 0.6 is 0 Å². The number of aromatic nitrogens is 1. The fourth-order valence-corrected chi connectivity index (χ4v) is 4.06. The van der Waals surface area contributed by atoms with Gasteiger partial charge in [0.1, 0.15) is 0 Å². The third-order valence-electron chi connectivity index (χ3n) is 6.02. The van der Waals surface area contributed by atoms with Gasteiger partial charge in [-0.25, -0.2) is 4.79 Å². The molecule has 1 aromatic heterocycles. The van der Waals surface area contributed by atoms with E-state index in [1.165, 1.54) is 18.2 Å². The Morgan fingerprint density at radius 1 is 0.711 bits per heavy atom. The van der Waals surface area contributed by atoms with Gasteiger partial charge in [0, 0.05) is 28.2 Å². The van der Waals surface area contributed by atoms with Crippen LogP contribution in [0.4, 0.5) is 5.69 Å². The number of fused-ring (bicyclic) bond motifs is 1. The SMILES string of the molecule is O=C(COC(=O)c1ccc(NC(=O)c2cc(=O)[nH]c3ccccc23)cc1)c1ccc(-c2ccccc2)cc1. The molecule has 0 atom stereocenters. The van der Waals surface area contributed by atoms with Crippen molar-refractivity contribution in [2.24, 2.45) is 0 Å². The van der Waals surface area contributed by atoms with E-state index in [2.05, 4.69) is 10.3 Å². The maximum Gasteiger partial charge on any atom is 0.338 e. The van der Waals surface area contributed by atoms with Gasteiger partial charge in [0.05, 0.1) is 11.1 Å². The minimum absolute atomic E-state index is 0.233. The Morgan fingerprint density at radius 2 is 1.34 bits per heavy atom. The van der Waals surface area contributed by atoms with Crippen molar-refractivity contribution >= 4 is 34.3 Å². The second-order valence-electron chi connectivity index (χ2n) is 8.57. The highest BCUT2D eigenvalue weighted by molar-refractivity contribution is 6.12. The molecule has 0 fully saturated rings. The highest BCUT2D eigenvalue weighted by Gasteiger charge is 2.14. The van der Waals surface area contributed by atoms with Gasteiger partial charge in [-0.2, -0.15) is 0 Å². The van der Waals surface area contributed by atoms with E-state index in [4.69, 9.17) is 4.74 Å². The molecule has 5 rings (SSSR count). The summed E-state index contributed by atoms with van der Waals surface area (Å²) < 4.78 is 5.20. The number of amides is 1. The molecule has 2 N–H and O–H groups in total. The van der Waals surface area contributed by atoms with Crippen LogP contribution < -0.4 is 10.9 Å². The van der Waals surface area contributed by atoms with Crippen molar-refractivity contribution in [2.75, 3.05) is 11.9 Å². The van der Waals surface area contributed by atoms with Crippen LogP contribution in [0, 0.1) is 0 Å². The summed E-state index contributed by atoms with van der Waals surface area (Å²) in [6.45, 7) is -0.391. The number of esters is 1. The van der Waals surface area contributed by atoms with E-state index in [1.807, 2.05) is 42.5 Å². The van der Waals surface area contributed by atoms with Gasteiger partial charge in [0.15, 0.2) is 12.4 Å². The number of aromatic amines is 1. The largest absolute Gasteiger partial charge is 0.454 e. The number of H-pyrrole nitrogens is 1. The maximum absolute atomic E-state index is 12.8. The normalized spacial score (nSPS) is 10.6. The molecule has 38 heavy (non-hydrogen) atoms. The van der Waals surface area contributed by atoms with Gasteiger partial charge in [0.25, 0.3) is 5.91 Å². The quantitative estimate of drug-likeness (QED) is 0.226. The average molecular weight is 503 g/mol. The molecule has 7 nitrogen and oxygen atoms in total. The highest BCUT2D eigenvalue weighted by Crippen LogP contribution is 2.20. The predicted octanol–water partition coefficient (Wildman–Crippen LogP) is 5.49. The number of anilines is 1. The number of nitrogens with one attached hydrogen (secondary N) is 2. The van der Waals surface area contributed by atoms with Crippen molar-refractivity contribution in [1.82, 2.24) is 4.98 Å². The van der Waals surface area contributed by atoms with Gasteiger partial charge in [-0.15, -0.1) is 0 Å². The first-order chi connectivity index (χ1) is 18.5. The van der Waals surface area contributed by atoms with Gasteiger partial charge in [-0.05, 0) is 41.5 Å². The molecular weight excluding hydrogens is 480 g/mol. The summed E-state index contributed by atoms with van der Waals surface area (Å²) in [6.07, 6.45) is 0. The van der Waals surface area contributed by atoms with E-state index in [0.717, 1.165) is 11.1 Å². The molecule has 0 bridgehead atoms. The number of carbonyl (C=O) groups excluding carboxylic acids is 3. The Kier molecular flexibility index (Phi) is 6.91. The standard InChI is InChI=1S/C31H22N2O5/c34-28(22-12-10-21(11-13-22)20-6-2-1-3-7-20)19-38-31(37)23-14-16-24(17-15-23)32-30(36)26-18-29(35)33-27-9-5-4-8-25(26)27/h1-18H,19H2,(H,32,36)(H,33,35). The molecule has 4 aromatic carbocycles. The number of hydrogen-bond acceptors (Lipinski definition) is 5. The van der Waals surface area contributed by atoms with Crippen LogP contribution in [0.3, 0.4) is 0 Å². The Balaban J connectivity index is 1.19. The first kappa shape index (κ1) is 24.4. The second kappa shape index (κ2) is 10.8. The van der Waals surface area contributed by atoms with E-state index in [0.29, 0.717) is 22.2 Å². The molecule has 1 heterocycles. The predicted molar refractivity (Wildman–Crippen MR) is 145 cm³/mol. The molecule has 0 aliphatic carbocycles. The summed E-state index contributed by atoms with van der Waals surface area (Å²) in [5.41, 5.74) is 3.56. The number of carbonyl (C=O) groups is 3. The van der Waals surface area contributed by atoms with Gasteiger partial charge in [-0.3, -0.25) is 14.4 Å². The van der Waals surface area contributed by atoms with Crippen LogP contribution in [-0.4, -0.2) is 29.3 Å². The van der Waals surface area contributed by atoms with E-state index in [9.17, 15) is 19.2 Å². The van der Waals surface area contributed by atoms with Gasteiger partial charge in [-0.1, -0.05) is 72.8 Å². The summed E-state index contributed by atoms with van der Waals surface area (Å²) >= 11 is 0. The number of Topliss-reactive ketones (excluding diaryl/α,β-unsaturated/α-hetero) is 1. The summed E-state index contributed by atoms with van der Waals surface area (Å²) in [5.74, 6) is -1.42. The smallest absolute Gasteiger partial charge is 0.338 e. The summed E-state index contributed by atoms with van der Waals surface area (Å²) in [7, 11) is 0. The maximum atomic E-state index is 12.8. The van der Waals surface area contributed by atoms with Gasteiger partial charge < -0.3 is 15.0 Å². The van der Waals surface area contributed by atoms with Crippen molar-refractivity contribution in [2.45, 2.75) is 0 Å². The molecule has 7 heteroatoms. The number of hydrogen-bond donors (Lipinski definition) is 2. The van der Waals surface area contributed by atoms with E-state index >= 15 is 0 Å². The van der Waals surface area contributed by atoms with E-state index in [1.54, 1.807) is 48.5 Å². The number of ether oxygens (including phenoxy) is 1. The van der Waals surface area contributed by atoms with Gasteiger partial charge >= 0.3 is 5.97 Å². The second-order valence-corrected chi connectivity index (χ2v) is 8.57. The number of rotatable bonds is 7. The zero-order chi connectivity index (χ0) is 26.5. The molecule has 0 spiro atoms. The molecule has 5 aromatic rings. The lowest BCUT2D eigenvalue weighted by atomic mass is 10.0. The molecule has 0 unspecified atom stereocenters. The molecule has 0 radical (unpaired) electrons. The fourth-order valence-electron chi connectivity index (χ4n) is 4.06. The highest BCUT2D eigenvalue weighted by atomic mass is 16.5. The van der Waals surface area contributed by atoms with Crippen molar-refractivity contribution in [1.29, 1.82) is 0 Å². The molecule has 186 valence electrons. The van der Waals surface area contributed by atoms with E-state index in [-0.39, 0.29) is 22.5 Å². The molecule has 0 aliphatic heterocycles. The Labute approximate surface area is 217 Å². The van der Waals surface area contributed by atoms with Crippen molar-refractivity contribution in [3.05, 3.63) is 136 Å². The van der Waals surface area contributed by atoms with Crippen molar-refractivity contribution < 1.29 is 19.1 Å². The van der Waals surface area contributed by atoms with Crippen molar-refractivity contribution in [3.8, 4) is 11.1 Å². The summed E-state index contributed by atoms with van der Waals surface area (Å²) in [5, 5.41) is 3.35. The lowest BCUT2D eigenvalue weighted by molar-refractivity contribution is 0.0475. The fraction of sp³-hybridized carbons (Fsp3) is 0.0323. The summed E-state index contributed by atoms with van der Waals surface area (Å²) in [4.78, 5) is 52.4. The zero-order valence-corrected chi connectivity index (χ0v) is 20.1. The molecule has 0 saturated heterocycles. The third-order valence-corrected chi connectivity index (χ3v) is 6.02. The summed E-state index contributed by atoms with van der Waals surface area (Å²) in [6, 6.07) is 31.3. The molecule has 0 aliphatic rings. The topological polar surface area (TPSA) is 105 Å². The number of ketones is 1. The molecule has 1 amide bonds. The van der Waals surface area contributed by atoms with Crippen LogP contribution in [-0.2, 0) is 4.74 Å². The van der Waals surface area contributed by atoms with Crippen LogP contribution in [0.5, 0.6) is 0 Å².